The quantitative estimate of drug-likeness (QED) is 0.781. The number of amides is 2. The van der Waals surface area contributed by atoms with Gasteiger partial charge in [0.1, 0.15) is 5.75 Å². The second-order valence-electron chi connectivity index (χ2n) is 5.29. The van der Waals surface area contributed by atoms with Gasteiger partial charge in [-0.2, -0.15) is 13.2 Å². The predicted molar refractivity (Wildman–Crippen MR) is 92.7 cm³/mol. The zero-order valence-corrected chi connectivity index (χ0v) is 14.3. The van der Waals surface area contributed by atoms with E-state index in [-0.39, 0.29) is 12.3 Å². The minimum Gasteiger partial charge on any atom is -0.484 e. The molecule has 2 amide bonds. The Hall–Kier alpha value is -3.23. The van der Waals surface area contributed by atoms with E-state index >= 15 is 0 Å². The van der Waals surface area contributed by atoms with Crippen molar-refractivity contribution in [3.8, 4) is 5.75 Å². The third-order valence-corrected chi connectivity index (χ3v) is 3.20. The van der Waals surface area contributed by atoms with Gasteiger partial charge in [0.25, 0.3) is 5.91 Å². The van der Waals surface area contributed by atoms with Crippen LogP contribution in [0.15, 0.2) is 48.5 Å². The van der Waals surface area contributed by atoms with E-state index in [0.717, 1.165) is 12.1 Å². The predicted octanol–water partition coefficient (Wildman–Crippen LogP) is 4.29. The minimum atomic E-state index is -4.50. The van der Waals surface area contributed by atoms with E-state index in [4.69, 9.17) is 9.47 Å². The highest BCUT2D eigenvalue weighted by atomic mass is 19.4. The Morgan fingerprint density at radius 3 is 2.33 bits per heavy atom. The molecule has 0 aliphatic heterocycles. The molecule has 0 aliphatic carbocycles. The molecule has 27 heavy (non-hydrogen) atoms. The van der Waals surface area contributed by atoms with E-state index in [9.17, 15) is 22.8 Å². The van der Waals surface area contributed by atoms with Crippen molar-refractivity contribution < 1.29 is 32.2 Å². The molecule has 2 rings (SSSR count). The number of rotatable bonds is 6. The molecule has 0 heterocycles. The van der Waals surface area contributed by atoms with Crippen molar-refractivity contribution >= 4 is 23.4 Å². The number of hydrogen-bond donors (Lipinski definition) is 2. The Balaban J connectivity index is 1.91. The SMILES string of the molecule is CCOC(=O)Nc1cccc(OCC(=O)Nc2cccc(C(F)(F)F)c2)c1. The number of carbonyl (C=O) groups is 2. The summed E-state index contributed by atoms with van der Waals surface area (Å²) >= 11 is 0. The summed E-state index contributed by atoms with van der Waals surface area (Å²) in [7, 11) is 0. The molecule has 6 nitrogen and oxygen atoms in total. The molecular formula is C18H17F3N2O4. The normalized spacial score (nSPS) is 10.8. The third kappa shape index (κ3) is 6.53. The number of hydrogen-bond acceptors (Lipinski definition) is 4. The van der Waals surface area contributed by atoms with Gasteiger partial charge in [-0.3, -0.25) is 10.1 Å². The van der Waals surface area contributed by atoms with Gasteiger partial charge in [-0.15, -0.1) is 0 Å². The Morgan fingerprint density at radius 1 is 1.00 bits per heavy atom. The Labute approximate surface area is 153 Å². The number of carbonyl (C=O) groups excluding carboxylic acids is 2. The fourth-order valence-corrected chi connectivity index (χ4v) is 2.07. The molecule has 144 valence electrons. The van der Waals surface area contributed by atoms with Crippen molar-refractivity contribution in [1.29, 1.82) is 0 Å². The summed E-state index contributed by atoms with van der Waals surface area (Å²) in [6.07, 6.45) is -5.12. The van der Waals surface area contributed by atoms with E-state index in [1.807, 2.05) is 0 Å². The van der Waals surface area contributed by atoms with E-state index < -0.39 is 30.3 Å². The fourth-order valence-electron chi connectivity index (χ4n) is 2.07. The molecule has 2 N–H and O–H groups in total. The average Bonchev–Trinajstić information content (AvgIpc) is 2.60. The van der Waals surface area contributed by atoms with Crippen LogP contribution in [0.1, 0.15) is 12.5 Å². The molecule has 0 saturated heterocycles. The average molecular weight is 382 g/mol. The maximum Gasteiger partial charge on any atom is 0.416 e. The monoisotopic (exact) mass is 382 g/mol. The first-order chi connectivity index (χ1) is 12.8. The second-order valence-corrected chi connectivity index (χ2v) is 5.29. The van der Waals surface area contributed by atoms with Crippen molar-refractivity contribution in [2.24, 2.45) is 0 Å². The van der Waals surface area contributed by atoms with Crippen LogP contribution in [0.25, 0.3) is 0 Å². The van der Waals surface area contributed by atoms with Gasteiger partial charge in [-0.05, 0) is 37.3 Å². The van der Waals surface area contributed by atoms with Crippen LogP contribution >= 0.6 is 0 Å². The molecule has 0 fully saturated rings. The molecule has 2 aromatic rings. The summed E-state index contributed by atoms with van der Waals surface area (Å²) in [5, 5.41) is 4.82. The highest BCUT2D eigenvalue weighted by Crippen LogP contribution is 2.30. The smallest absolute Gasteiger partial charge is 0.416 e. The lowest BCUT2D eigenvalue weighted by Gasteiger charge is -2.11. The summed E-state index contributed by atoms with van der Waals surface area (Å²) in [5.41, 5.74) is -0.445. The number of halogens is 3. The summed E-state index contributed by atoms with van der Waals surface area (Å²) in [5.74, 6) is -0.332. The third-order valence-electron chi connectivity index (χ3n) is 3.20. The molecule has 0 radical (unpaired) electrons. The maximum absolute atomic E-state index is 12.7. The first-order valence-corrected chi connectivity index (χ1v) is 7.91. The van der Waals surface area contributed by atoms with Gasteiger partial charge in [0.2, 0.25) is 0 Å². The van der Waals surface area contributed by atoms with E-state index in [1.165, 1.54) is 18.2 Å². The van der Waals surface area contributed by atoms with Gasteiger partial charge in [0, 0.05) is 17.4 Å². The summed E-state index contributed by atoms with van der Waals surface area (Å²) in [4.78, 5) is 23.3. The lowest BCUT2D eigenvalue weighted by Crippen LogP contribution is -2.20. The van der Waals surface area contributed by atoms with Gasteiger partial charge in [0.05, 0.1) is 12.2 Å². The van der Waals surface area contributed by atoms with Crippen LogP contribution in [-0.2, 0) is 15.7 Å². The number of alkyl halides is 3. The Morgan fingerprint density at radius 2 is 1.67 bits per heavy atom. The molecule has 0 bridgehead atoms. The molecule has 0 unspecified atom stereocenters. The molecular weight excluding hydrogens is 365 g/mol. The van der Waals surface area contributed by atoms with Crippen LogP contribution in [0, 0.1) is 0 Å². The van der Waals surface area contributed by atoms with Crippen molar-refractivity contribution in [3.05, 3.63) is 54.1 Å². The highest BCUT2D eigenvalue weighted by Gasteiger charge is 2.30. The van der Waals surface area contributed by atoms with Crippen LogP contribution in [0.2, 0.25) is 0 Å². The first kappa shape index (κ1) is 20.1. The van der Waals surface area contributed by atoms with E-state index in [2.05, 4.69) is 10.6 Å². The second kappa shape index (κ2) is 8.93. The van der Waals surface area contributed by atoms with Crippen LogP contribution in [0.5, 0.6) is 5.75 Å². The number of anilines is 2. The maximum atomic E-state index is 12.7. The zero-order valence-electron chi connectivity index (χ0n) is 14.3. The van der Waals surface area contributed by atoms with E-state index in [1.54, 1.807) is 25.1 Å². The molecule has 0 atom stereocenters. The summed E-state index contributed by atoms with van der Waals surface area (Å²) < 4.78 is 48.1. The zero-order chi connectivity index (χ0) is 19.9. The molecule has 2 aromatic carbocycles. The fraction of sp³-hybridized carbons (Fsp3) is 0.222. The molecule has 0 spiro atoms. The molecule has 0 aliphatic rings. The number of benzene rings is 2. The van der Waals surface area contributed by atoms with Crippen LogP contribution in [0.4, 0.5) is 29.3 Å². The lowest BCUT2D eigenvalue weighted by atomic mass is 10.2. The summed E-state index contributed by atoms with van der Waals surface area (Å²) in [6.45, 7) is 1.47. The van der Waals surface area contributed by atoms with Crippen molar-refractivity contribution in [1.82, 2.24) is 0 Å². The largest absolute Gasteiger partial charge is 0.484 e. The van der Waals surface area contributed by atoms with Crippen molar-refractivity contribution in [3.63, 3.8) is 0 Å². The van der Waals surface area contributed by atoms with Gasteiger partial charge in [-0.1, -0.05) is 12.1 Å². The van der Waals surface area contributed by atoms with Crippen LogP contribution in [0.3, 0.4) is 0 Å². The molecule has 9 heteroatoms. The number of nitrogens with one attached hydrogen (secondary N) is 2. The molecule has 0 saturated carbocycles. The van der Waals surface area contributed by atoms with Crippen LogP contribution in [-0.4, -0.2) is 25.2 Å². The topological polar surface area (TPSA) is 76.7 Å². The lowest BCUT2D eigenvalue weighted by molar-refractivity contribution is -0.137. The number of ether oxygens (including phenoxy) is 2. The van der Waals surface area contributed by atoms with Crippen LogP contribution < -0.4 is 15.4 Å². The van der Waals surface area contributed by atoms with E-state index in [0.29, 0.717) is 11.4 Å². The first-order valence-electron chi connectivity index (χ1n) is 7.91. The van der Waals surface area contributed by atoms with Gasteiger partial charge < -0.3 is 14.8 Å². The van der Waals surface area contributed by atoms with Crippen molar-refractivity contribution in [2.75, 3.05) is 23.8 Å². The Kier molecular flexibility index (Phi) is 6.64. The highest BCUT2D eigenvalue weighted by molar-refractivity contribution is 5.92. The Bertz CT molecular complexity index is 809. The van der Waals surface area contributed by atoms with Gasteiger partial charge in [-0.25, -0.2) is 4.79 Å². The summed E-state index contributed by atoms with van der Waals surface area (Å²) in [6, 6.07) is 10.5. The van der Waals surface area contributed by atoms with Gasteiger partial charge in [0.15, 0.2) is 6.61 Å². The van der Waals surface area contributed by atoms with Crippen molar-refractivity contribution in [2.45, 2.75) is 13.1 Å². The standard InChI is InChI=1S/C18H17F3N2O4/c1-2-26-17(25)23-14-7-4-8-15(10-14)27-11-16(24)22-13-6-3-5-12(9-13)18(19,20)21/h3-10H,2,11H2,1H3,(H,22,24)(H,23,25). The van der Waals surface area contributed by atoms with Gasteiger partial charge >= 0.3 is 12.3 Å². The minimum absolute atomic E-state index is 0.0103. The molecule has 0 aromatic heterocycles.